The first kappa shape index (κ1) is 11.1. The number of benzene rings is 1. The third-order valence-electron chi connectivity index (χ3n) is 2.63. The van der Waals surface area contributed by atoms with Crippen molar-refractivity contribution in [2.45, 2.75) is 26.2 Å². The molecule has 0 radical (unpaired) electrons. The second kappa shape index (κ2) is 4.64. The molecule has 1 aliphatic rings. The van der Waals surface area contributed by atoms with Crippen molar-refractivity contribution in [2.24, 2.45) is 5.92 Å². The van der Waals surface area contributed by atoms with E-state index in [0.717, 1.165) is 0 Å². The van der Waals surface area contributed by atoms with Gasteiger partial charge in [0.05, 0.1) is 6.61 Å². The molecule has 0 saturated heterocycles. The molecule has 1 saturated carbocycles. The summed E-state index contributed by atoms with van der Waals surface area (Å²) in [6, 6.07) is 4.35. The number of Topliss-reactive ketones (excluding diaryl/α,β-unsaturated/α-hetero) is 1. The summed E-state index contributed by atoms with van der Waals surface area (Å²) in [6.07, 6.45) is 2.66. The Hall–Kier alpha value is -1.38. The number of hydrogen-bond acceptors (Lipinski definition) is 2. The Balaban J connectivity index is 2.09. The largest absolute Gasteiger partial charge is 0.493 e. The monoisotopic (exact) mass is 222 g/mol. The zero-order valence-corrected chi connectivity index (χ0v) is 9.33. The van der Waals surface area contributed by atoms with Gasteiger partial charge in [0.25, 0.3) is 0 Å². The molecule has 0 amide bonds. The number of ketones is 1. The van der Waals surface area contributed by atoms with Crippen LogP contribution in [0.3, 0.4) is 0 Å². The van der Waals surface area contributed by atoms with Gasteiger partial charge < -0.3 is 4.74 Å². The molecule has 0 spiro atoms. The molecule has 1 aromatic rings. The number of ether oxygens (including phenoxy) is 1. The molecule has 0 aliphatic heterocycles. The quantitative estimate of drug-likeness (QED) is 0.765. The van der Waals surface area contributed by atoms with Crippen LogP contribution in [0.15, 0.2) is 18.2 Å². The van der Waals surface area contributed by atoms with E-state index in [2.05, 4.69) is 0 Å². The second-order valence-electron chi connectivity index (χ2n) is 4.39. The van der Waals surface area contributed by atoms with Crippen LogP contribution in [0.4, 0.5) is 4.39 Å². The molecule has 1 fully saturated rings. The summed E-state index contributed by atoms with van der Waals surface area (Å²) in [5.41, 5.74) is 0.646. The SMILES string of the molecule is CC(=O)Cc1cc(F)ccc1OCC1CC1. The first-order valence-corrected chi connectivity index (χ1v) is 5.56. The summed E-state index contributed by atoms with van der Waals surface area (Å²) in [4.78, 5) is 11.0. The minimum absolute atomic E-state index is 0.0156. The zero-order chi connectivity index (χ0) is 11.5. The molecular weight excluding hydrogens is 207 g/mol. The minimum Gasteiger partial charge on any atom is -0.493 e. The summed E-state index contributed by atoms with van der Waals surface area (Å²) in [5.74, 6) is 0.982. The first-order valence-electron chi connectivity index (χ1n) is 5.56. The lowest BCUT2D eigenvalue weighted by atomic mass is 10.1. The lowest BCUT2D eigenvalue weighted by Gasteiger charge is -2.10. The molecule has 86 valence electrons. The van der Waals surface area contributed by atoms with Crippen molar-refractivity contribution in [2.75, 3.05) is 6.61 Å². The Morgan fingerprint density at radius 2 is 2.25 bits per heavy atom. The van der Waals surface area contributed by atoms with Crippen LogP contribution in [-0.4, -0.2) is 12.4 Å². The molecule has 3 heteroatoms. The summed E-state index contributed by atoms with van der Waals surface area (Å²) in [5, 5.41) is 0. The van der Waals surface area contributed by atoms with E-state index in [9.17, 15) is 9.18 Å². The predicted molar refractivity (Wildman–Crippen MR) is 59.0 cm³/mol. The van der Waals surface area contributed by atoms with Crippen molar-refractivity contribution in [3.63, 3.8) is 0 Å². The highest BCUT2D eigenvalue weighted by Crippen LogP contribution is 2.30. The fourth-order valence-electron chi connectivity index (χ4n) is 1.59. The van der Waals surface area contributed by atoms with Crippen molar-refractivity contribution in [1.82, 2.24) is 0 Å². The van der Waals surface area contributed by atoms with Gasteiger partial charge >= 0.3 is 0 Å². The first-order chi connectivity index (χ1) is 7.65. The van der Waals surface area contributed by atoms with Crippen LogP contribution in [-0.2, 0) is 11.2 Å². The number of hydrogen-bond donors (Lipinski definition) is 0. The molecule has 1 aliphatic carbocycles. The van der Waals surface area contributed by atoms with Gasteiger partial charge in [-0.25, -0.2) is 4.39 Å². The highest BCUT2D eigenvalue weighted by Gasteiger charge is 2.22. The van der Waals surface area contributed by atoms with Crippen molar-refractivity contribution < 1.29 is 13.9 Å². The van der Waals surface area contributed by atoms with E-state index in [1.807, 2.05) is 0 Å². The molecule has 0 N–H and O–H groups in total. The minimum atomic E-state index is -0.324. The van der Waals surface area contributed by atoms with Crippen molar-refractivity contribution >= 4 is 5.78 Å². The summed E-state index contributed by atoms with van der Waals surface area (Å²) >= 11 is 0. The number of carbonyl (C=O) groups excluding carboxylic acids is 1. The number of halogens is 1. The van der Waals surface area contributed by atoms with Gasteiger partial charge in [0, 0.05) is 12.0 Å². The fraction of sp³-hybridized carbons (Fsp3) is 0.462. The Morgan fingerprint density at radius 1 is 1.50 bits per heavy atom. The van der Waals surface area contributed by atoms with E-state index in [-0.39, 0.29) is 18.0 Å². The van der Waals surface area contributed by atoms with Crippen LogP contribution < -0.4 is 4.74 Å². The van der Waals surface area contributed by atoms with Crippen LogP contribution in [0.5, 0.6) is 5.75 Å². The maximum Gasteiger partial charge on any atom is 0.134 e. The van der Waals surface area contributed by atoms with Gasteiger partial charge in [0.1, 0.15) is 17.3 Å². The standard InChI is InChI=1S/C13H15FO2/c1-9(15)6-11-7-12(14)4-5-13(11)16-8-10-2-3-10/h4-5,7,10H,2-3,6,8H2,1H3. The predicted octanol–water partition coefficient (Wildman–Crippen LogP) is 2.75. The van der Waals surface area contributed by atoms with Gasteiger partial charge in [-0.2, -0.15) is 0 Å². The molecule has 0 atom stereocenters. The van der Waals surface area contributed by atoms with Gasteiger partial charge in [-0.3, -0.25) is 4.79 Å². The smallest absolute Gasteiger partial charge is 0.134 e. The van der Waals surface area contributed by atoms with E-state index >= 15 is 0 Å². The summed E-state index contributed by atoms with van der Waals surface area (Å²) < 4.78 is 18.6. The average molecular weight is 222 g/mol. The molecule has 0 unspecified atom stereocenters. The van der Waals surface area contributed by atoms with Crippen molar-refractivity contribution in [1.29, 1.82) is 0 Å². The molecule has 16 heavy (non-hydrogen) atoms. The average Bonchev–Trinajstić information content (AvgIpc) is 2.99. The van der Waals surface area contributed by atoms with Crippen LogP contribution in [0, 0.1) is 11.7 Å². The Labute approximate surface area is 94.4 Å². The van der Waals surface area contributed by atoms with Crippen molar-refractivity contribution in [3.05, 3.63) is 29.6 Å². The highest BCUT2D eigenvalue weighted by molar-refractivity contribution is 5.78. The molecule has 0 aromatic heterocycles. The van der Waals surface area contributed by atoms with Crippen LogP contribution in [0.2, 0.25) is 0 Å². The maximum atomic E-state index is 13.0. The second-order valence-corrected chi connectivity index (χ2v) is 4.39. The molecular formula is C13H15FO2. The van der Waals surface area contributed by atoms with E-state index in [0.29, 0.717) is 23.8 Å². The van der Waals surface area contributed by atoms with Gasteiger partial charge in [-0.15, -0.1) is 0 Å². The molecule has 0 heterocycles. The maximum absolute atomic E-state index is 13.0. The van der Waals surface area contributed by atoms with Gasteiger partial charge in [0.2, 0.25) is 0 Å². The van der Waals surface area contributed by atoms with E-state index in [1.165, 1.54) is 31.9 Å². The lowest BCUT2D eigenvalue weighted by molar-refractivity contribution is -0.116. The van der Waals surface area contributed by atoms with Gasteiger partial charge in [0.15, 0.2) is 0 Å². The van der Waals surface area contributed by atoms with E-state index < -0.39 is 0 Å². The zero-order valence-electron chi connectivity index (χ0n) is 9.33. The Kier molecular flexibility index (Phi) is 3.22. The molecule has 2 nitrogen and oxygen atoms in total. The highest BCUT2D eigenvalue weighted by atomic mass is 19.1. The topological polar surface area (TPSA) is 26.3 Å². The molecule has 1 aromatic carbocycles. The van der Waals surface area contributed by atoms with Gasteiger partial charge in [-0.05, 0) is 43.9 Å². The number of rotatable bonds is 5. The van der Waals surface area contributed by atoms with Crippen LogP contribution >= 0.6 is 0 Å². The van der Waals surface area contributed by atoms with Crippen LogP contribution in [0.25, 0.3) is 0 Å². The van der Waals surface area contributed by atoms with E-state index in [1.54, 1.807) is 6.07 Å². The lowest BCUT2D eigenvalue weighted by Crippen LogP contribution is -2.05. The number of carbonyl (C=O) groups is 1. The normalized spacial score (nSPS) is 14.9. The van der Waals surface area contributed by atoms with Crippen molar-refractivity contribution in [3.8, 4) is 5.75 Å². The summed E-state index contributed by atoms with van der Waals surface area (Å²) in [6.45, 7) is 2.17. The fourth-order valence-corrected chi connectivity index (χ4v) is 1.59. The summed E-state index contributed by atoms with van der Waals surface area (Å²) in [7, 11) is 0. The van der Waals surface area contributed by atoms with Crippen LogP contribution in [0.1, 0.15) is 25.3 Å². The Bertz CT molecular complexity index is 397. The van der Waals surface area contributed by atoms with Gasteiger partial charge in [-0.1, -0.05) is 0 Å². The molecule has 2 rings (SSSR count). The third kappa shape index (κ3) is 3.05. The molecule has 0 bridgehead atoms. The Morgan fingerprint density at radius 3 is 2.88 bits per heavy atom. The van der Waals surface area contributed by atoms with E-state index in [4.69, 9.17) is 4.74 Å². The third-order valence-corrected chi connectivity index (χ3v) is 2.63.